The molecule has 0 spiro atoms. The molecule has 0 radical (unpaired) electrons. The van der Waals surface area contributed by atoms with Crippen LogP contribution in [0, 0.1) is 10.1 Å². The fourth-order valence-corrected chi connectivity index (χ4v) is 3.32. The number of nitro groups is 1. The van der Waals surface area contributed by atoms with Crippen LogP contribution in [0.2, 0.25) is 0 Å². The van der Waals surface area contributed by atoms with Crippen molar-refractivity contribution in [3.63, 3.8) is 0 Å². The summed E-state index contributed by atoms with van der Waals surface area (Å²) in [6, 6.07) is 11.6. The lowest BCUT2D eigenvalue weighted by atomic mass is 10.1. The van der Waals surface area contributed by atoms with Crippen LogP contribution < -0.4 is 0 Å². The van der Waals surface area contributed by atoms with Gasteiger partial charge in [0.15, 0.2) is 0 Å². The smallest absolute Gasteiger partial charge is 0.337 e. The van der Waals surface area contributed by atoms with Crippen molar-refractivity contribution < 1.29 is 23.5 Å². The summed E-state index contributed by atoms with van der Waals surface area (Å²) in [5.74, 6) is -1.33. The first-order valence-corrected chi connectivity index (χ1v) is 9.53. The Hall–Kier alpha value is -3.33. The van der Waals surface area contributed by atoms with E-state index < -0.39 is 26.5 Å². The van der Waals surface area contributed by atoms with Crippen LogP contribution in [-0.4, -0.2) is 34.4 Å². The van der Waals surface area contributed by atoms with Gasteiger partial charge in [-0.25, -0.2) is 9.00 Å². The van der Waals surface area contributed by atoms with Gasteiger partial charge in [-0.3, -0.25) is 14.9 Å². The topological polar surface area (TPSA) is 116 Å². The van der Waals surface area contributed by atoms with E-state index in [1.54, 1.807) is 6.07 Å². The van der Waals surface area contributed by atoms with Crippen LogP contribution in [-0.2, 0) is 19.3 Å². The average Bonchev–Trinajstić information content (AvgIpc) is 2.65. The van der Waals surface area contributed by atoms with Crippen molar-refractivity contribution >= 4 is 33.4 Å². The number of esters is 1. The number of carbonyl (C=O) groups excluding carboxylic acids is 2. The molecule has 1 amide bonds. The van der Waals surface area contributed by atoms with Gasteiger partial charge < -0.3 is 4.74 Å². The lowest BCUT2D eigenvalue weighted by molar-refractivity contribution is -0.385. The van der Waals surface area contributed by atoms with Crippen molar-refractivity contribution in [1.29, 1.82) is 0 Å². The van der Waals surface area contributed by atoms with E-state index in [-0.39, 0.29) is 21.7 Å². The quantitative estimate of drug-likeness (QED) is 0.336. The first kappa shape index (κ1) is 20.0. The van der Waals surface area contributed by atoms with E-state index >= 15 is 0 Å². The molecule has 2 aromatic carbocycles. The average molecular weight is 388 g/mol. The summed E-state index contributed by atoms with van der Waals surface area (Å²) in [5, 5.41) is 11.0. The van der Waals surface area contributed by atoms with Crippen LogP contribution in [0.5, 0.6) is 0 Å². The molecule has 0 aliphatic heterocycles. The molecule has 0 aliphatic rings. The van der Waals surface area contributed by atoms with Gasteiger partial charge in [0.25, 0.3) is 11.6 Å². The maximum Gasteiger partial charge on any atom is 0.337 e. The van der Waals surface area contributed by atoms with E-state index in [1.165, 1.54) is 61.9 Å². The number of carbonyl (C=O) groups is 2. The molecule has 9 heteroatoms. The van der Waals surface area contributed by atoms with Gasteiger partial charge in [0.2, 0.25) is 0 Å². The van der Waals surface area contributed by atoms with Gasteiger partial charge in [-0.05, 0) is 36.4 Å². The van der Waals surface area contributed by atoms with Crippen LogP contribution in [0.1, 0.15) is 15.9 Å². The number of rotatable bonds is 5. The Morgan fingerprint density at radius 2 is 1.78 bits per heavy atom. The van der Waals surface area contributed by atoms with E-state index in [2.05, 4.69) is 9.10 Å². The molecule has 0 aliphatic carbocycles. The van der Waals surface area contributed by atoms with Gasteiger partial charge in [0, 0.05) is 23.3 Å². The maximum atomic E-state index is 12.7. The van der Waals surface area contributed by atoms with Gasteiger partial charge >= 0.3 is 5.97 Å². The fraction of sp³-hybridized carbons (Fsp3) is 0.111. The van der Waals surface area contributed by atoms with E-state index in [1.807, 2.05) is 0 Å². The Morgan fingerprint density at radius 3 is 2.37 bits per heavy atom. The Balaban J connectivity index is 2.26. The number of methoxy groups -OCH3 is 1. The Kier molecular flexibility index (Phi) is 6.19. The summed E-state index contributed by atoms with van der Waals surface area (Å²) in [6.45, 7) is 0. The predicted molar refractivity (Wildman–Crippen MR) is 99.7 cm³/mol. The van der Waals surface area contributed by atoms with Crippen molar-refractivity contribution in [2.75, 3.05) is 13.4 Å². The highest BCUT2D eigenvalue weighted by Gasteiger charge is 2.12. The zero-order valence-electron chi connectivity index (χ0n) is 14.5. The molecule has 0 heterocycles. The summed E-state index contributed by atoms with van der Waals surface area (Å²) in [7, 11) is -1.80. The summed E-state index contributed by atoms with van der Waals surface area (Å²) >= 11 is 0. The number of nitro benzene ring substituents is 1. The van der Waals surface area contributed by atoms with Gasteiger partial charge in [-0.1, -0.05) is 12.1 Å². The summed E-state index contributed by atoms with van der Waals surface area (Å²) in [4.78, 5) is 34.1. The molecule has 1 unspecified atom stereocenters. The van der Waals surface area contributed by atoms with Crippen molar-refractivity contribution in [3.8, 4) is 0 Å². The van der Waals surface area contributed by atoms with Gasteiger partial charge in [-0.2, -0.15) is 4.36 Å². The molecule has 0 fully saturated rings. The molecule has 2 rings (SSSR count). The minimum absolute atomic E-state index is 0.155. The highest BCUT2D eigenvalue weighted by Crippen LogP contribution is 2.19. The Labute approximate surface area is 155 Å². The number of benzene rings is 2. The highest BCUT2D eigenvalue weighted by atomic mass is 32.2. The Bertz CT molecular complexity index is 1030. The van der Waals surface area contributed by atoms with Crippen LogP contribution in [0.25, 0.3) is 6.08 Å². The van der Waals surface area contributed by atoms with Crippen molar-refractivity contribution in [2.24, 2.45) is 4.36 Å². The predicted octanol–water partition coefficient (Wildman–Crippen LogP) is 3.08. The third kappa shape index (κ3) is 5.08. The van der Waals surface area contributed by atoms with E-state index in [0.29, 0.717) is 0 Å². The number of hydrogen-bond acceptors (Lipinski definition) is 6. The molecule has 2 aromatic rings. The third-order valence-electron chi connectivity index (χ3n) is 3.52. The number of hydrogen-bond donors (Lipinski definition) is 0. The number of para-hydroxylation sites is 1. The molecule has 1 atom stereocenters. The lowest BCUT2D eigenvalue weighted by Gasteiger charge is -2.04. The maximum absolute atomic E-state index is 12.7. The molecule has 27 heavy (non-hydrogen) atoms. The van der Waals surface area contributed by atoms with E-state index in [0.717, 1.165) is 6.08 Å². The van der Waals surface area contributed by atoms with Gasteiger partial charge in [0.05, 0.1) is 32.9 Å². The van der Waals surface area contributed by atoms with Crippen LogP contribution in [0.3, 0.4) is 0 Å². The van der Waals surface area contributed by atoms with Gasteiger partial charge in [0.1, 0.15) is 0 Å². The standard InChI is InChI=1S/C18H16N2O6S/c1-26-18(22)14-7-10-15(11-8-14)27(2,25)19-17(21)12-9-13-5-3-4-6-16(13)20(23)24/h3-12H,1-2H3/b12-9+. The first-order valence-electron chi connectivity index (χ1n) is 7.60. The molecule has 0 aromatic heterocycles. The SMILES string of the molecule is COC(=O)c1ccc(S(C)(=O)=NC(=O)/C=C/c2ccccc2[N+](=O)[O-])cc1. The molecule has 0 bridgehead atoms. The second-order valence-electron chi connectivity index (χ2n) is 5.40. The van der Waals surface area contributed by atoms with Crippen molar-refractivity contribution in [1.82, 2.24) is 0 Å². The second-order valence-corrected chi connectivity index (χ2v) is 7.66. The molecule has 0 saturated heterocycles. The molecule has 0 saturated carbocycles. The second kappa shape index (κ2) is 8.37. The molecular formula is C18H16N2O6S. The number of amides is 1. The molecule has 8 nitrogen and oxygen atoms in total. The fourth-order valence-electron chi connectivity index (χ4n) is 2.17. The minimum atomic E-state index is -3.05. The van der Waals surface area contributed by atoms with E-state index in [9.17, 15) is 23.9 Å². The monoisotopic (exact) mass is 388 g/mol. The minimum Gasteiger partial charge on any atom is -0.465 e. The molecule has 0 N–H and O–H groups in total. The molecule has 140 valence electrons. The number of ether oxygens (including phenoxy) is 1. The van der Waals surface area contributed by atoms with Crippen LogP contribution >= 0.6 is 0 Å². The highest BCUT2D eigenvalue weighted by molar-refractivity contribution is 7.93. The third-order valence-corrected chi connectivity index (χ3v) is 5.19. The summed E-state index contributed by atoms with van der Waals surface area (Å²) in [6.07, 6.45) is 3.56. The van der Waals surface area contributed by atoms with Gasteiger partial charge in [-0.15, -0.1) is 0 Å². The van der Waals surface area contributed by atoms with Crippen molar-refractivity contribution in [2.45, 2.75) is 4.90 Å². The van der Waals surface area contributed by atoms with E-state index in [4.69, 9.17) is 0 Å². The zero-order valence-corrected chi connectivity index (χ0v) is 15.3. The Morgan fingerprint density at radius 1 is 1.15 bits per heavy atom. The first-order chi connectivity index (χ1) is 12.7. The van der Waals surface area contributed by atoms with Crippen LogP contribution in [0.4, 0.5) is 5.69 Å². The lowest BCUT2D eigenvalue weighted by Crippen LogP contribution is -2.04. The van der Waals surface area contributed by atoms with Crippen LogP contribution in [0.15, 0.2) is 63.9 Å². The summed E-state index contributed by atoms with van der Waals surface area (Å²) in [5.41, 5.74) is 0.354. The molecular weight excluding hydrogens is 372 g/mol. The zero-order chi connectivity index (χ0) is 20.0. The van der Waals surface area contributed by atoms with Crippen molar-refractivity contribution in [3.05, 3.63) is 75.8 Å². The largest absolute Gasteiger partial charge is 0.465 e. The summed E-state index contributed by atoms with van der Waals surface area (Å²) < 4.78 is 21.0. The normalized spacial score (nSPS) is 13.0. The number of nitrogens with zero attached hydrogens (tertiary/aromatic N) is 2.